The first-order valence-corrected chi connectivity index (χ1v) is 11.7. The number of rotatable bonds is 13. The summed E-state index contributed by atoms with van der Waals surface area (Å²) in [5, 5.41) is 4.02. The van der Waals surface area contributed by atoms with Crippen LogP contribution in [-0.2, 0) is 4.84 Å². The lowest BCUT2D eigenvalue weighted by molar-refractivity contribution is 0.213. The SMILES string of the molecule is C/C=C/COc1cc(C)c(OCCCCCOc2c(C)cc(/C(C)=N/OC)cc2C)c(C)c1. The summed E-state index contributed by atoms with van der Waals surface area (Å²) in [5.74, 6) is 2.80. The molecule has 0 spiro atoms. The van der Waals surface area contributed by atoms with E-state index < -0.39 is 0 Å². The quantitative estimate of drug-likeness (QED) is 0.144. The Balaban J connectivity index is 1.76. The molecule has 0 heterocycles. The van der Waals surface area contributed by atoms with Gasteiger partial charge in [-0.25, -0.2) is 0 Å². The summed E-state index contributed by atoms with van der Waals surface area (Å²) in [5.41, 5.74) is 6.35. The van der Waals surface area contributed by atoms with Gasteiger partial charge in [0.25, 0.3) is 0 Å². The van der Waals surface area contributed by atoms with Crippen LogP contribution in [0.2, 0.25) is 0 Å². The fraction of sp³-hybridized carbons (Fsp3) is 0.464. The van der Waals surface area contributed by atoms with Crippen LogP contribution >= 0.6 is 0 Å². The van der Waals surface area contributed by atoms with Crippen molar-refractivity contribution in [3.05, 3.63) is 64.2 Å². The maximum absolute atomic E-state index is 6.09. The molecule has 33 heavy (non-hydrogen) atoms. The first kappa shape index (κ1) is 26.3. The zero-order valence-electron chi connectivity index (χ0n) is 21.3. The molecule has 0 radical (unpaired) electrons. The summed E-state index contributed by atoms with van der Waals surface area (Å²) in [6, 6.07) is 8.27. The summed E-state index contributed by atoms with van der Waals surface area (Å²) >= 11 is 0. The maximum Gasteiger partial charge on any atom is 0.125 e. The van der Waals surface area contributed by atoms with E-state index in [1.807, 2.05) is 38.1 Å². The summed E-state index contributed by atoms with van der Waals surface area (Å²) in [6.07, 6.45) is 7.02. The molecule has 0 bridgehead atoms. The van der Waals surface area contributed by atoms with Gasteiger partial charge in [0.1, 0.15) is 31.0 Å². The van der Waals surface area contributed by atoms with Crippen molar-refractivity contribution in [2.75, 3.05) is 26.9 Å². The van der Waals surface area contributed by atoms with Crippen LogP contribution < -0.4 is 14.2 Å². The van der Waals surface area contributed by atoms with E-state index in [2.05, 4.69) is 45.0 Å². The first-order valence-electron chi connectivity index (χ1n) is 11.7. The minimum absolute atomic E-state index is 0.586. The second-order valence-corrected chi connectivity index (χ2v) is 8.32. The van der Waals surface area contributed by atoms with Crippen LogP contribution in [0.5, 0.6) is 17.2 Å². The van der Waals surface area contributed by atoms with Gasteiger partial charge in [-0.05, 0) is 113 Å². The van der Waals surface area contributed by atoms with Crippen molar-refractivity contribution in [2.24, 2.45) is 5.16 Å². The molecule has 5 heteroatoms. The Bertz CT molecular complexity index is 916. The van der Waals surface area contributed by atoms with E-state index in [0.29, 0.717) is 19.8 Å². The van der Waals surface area contributed by atoms with E-state index in [4.69, 9.17) is 19.0 Å². The van der Waals surface area contributed by atoms with Crippen molar-refractivity contribution < 1.29 is 19.0 Å². The van der Waals surface area contributed by atoms with E-state index in [1.54, 1.807) is 7.11 Å². The van der Waals surface area contributed by atoms with Gasteiger partial charge in [0.05, 0.1) is 18.9 Å². The summed E-state index contributed by atoms with van der Waals surface area (Å²) in [4.78, 5) is 4.88. The molecule has 0 unspecified atom stereocenters. The van der Waals surface area contributed by atoms with Crippen molar-refractivity contribution in [3.63, 3.8) is 0 Å². The van der Waals surface area contributed by atoms with Crippen molar-refractivity contribution in [2.45, 2.75) is 60.8 Å². The Hall–Kier alpha value is -2.95. The number of unbranched alkanes of at least 4 members (excludes halogenated alkanes) is 2. The molecule has 0 N–H and O–H groups in total. The number of aryl methyl sites for hydroxylation is 4. The number of oxime groups is 1. The van der Waals surface area contributed by atoms with Gasteiger partial charge in [0, 0.05) is 0 Å². The van der Waals surface area contributed by atoms with Crippen molar-refractivity contribution in [3.8, 4) is 17.2 Å². The van der Waals surface area contributed by atoms with E-state index >= 15 is 0 Å². The van der Waals surface area contributed by atoms with Crippen LogP contribution in [0.1, 0.15) is 60.9 Å². The topological polar surface area (TPSA) is 49.3 Å². The van der Waals surface area contributed by atoms with Crippen LogP contribution in [0.3, 0.4) is 0 Å². The lowest BCUT2D eigenvalue weighted by Crippen LogP contribution is -2.05. The monoisotopic (exact) mass is 453 g/mol. The summed E-state index contributed by atoms with van der Waals surface area (Å²) in [7, 11) is 1.56. The maximum atomic E-state index is 6.09. The molecule has 0 fully saturated rings. The van der Waals surface area contributed by atoms with Gasteiger partial charge >= 0.3 is 0 Å². The van der Waals surface area contributed by atoms with Crippen LogP contribution in [0.4, 0.5) is 0 Å². The van der Waals surface area contributed by atoms with Crippen molar-refractivity contribution in [1.29, 1.82) is 0 Å². The highest BCUT2D eigenvalue weighted by Crippen LogP contribution is 2.29. The molecule has 0 atom stereocenters. The average Bonchev–Trinajstić information content (AvgIpc) is 2.76. The molecule has 2 aromatic rings. The molecule has 0 saturated carbocycles. The third-order valence-electron chi connectivity index (χ3n) is 5.40. The van der Waals surface area contributed by atoms with E-state index in [-0.39, 0.29) is 0 Å². The Kier molecular flexibility index (Phi) is 10.8. The summed E-state index contributed by atoms with van der Waals surface area (Å²) < 4.78 is 17.9. The normalized spacial score (nSPS) is 11.7. The van der Waals surface area contributed by atoms with E-state index in [0.717, 1.165) is 70.0 Å². The fourth-order valence-electron chi connectivity index (χ4n) is 3.77. The molecular weight excluding hydrogens is 414 g/mol. The molecule has 0 aliphatic rings. The molecule has 5 nitrogen and oxygen atoms in total. The number of ether oxygens (including phenoxy) is 3. The Labute approximate surface area is 199 Å². The minimum atomic E-state index is 0.586. The van der Waals surface area contributed by atoms with Gasteiger partial charge in [-0.2, -0.15) is 0 Å². The predicted molar refractivity (Wildman–Crippen MR) is 136 cm³/mol. The largest absolute Gasteiger partial charge is 0.493 e. The molecule has 0 amide bonds. The molecular formula is C28H39NO4. The number of nitrogens with zero attached hydrogens (tertiary/aromatic N) is 1. The van der Waals surface area contributed by atoms with Gasteiger partial charge < -0.3 is 19.0 Å². The van der Waals surface area contributed by atoms with Gasteiger partial charge in [0.15, 0.2) is 0 Å². The van der Waals surface area contributed by atoms with Crippen LogP contribution in [-0.4, -0.2) is 32.6 Å². The predicted octanol–water partition coefficient (Wildman–Crippen LogP) is 6.87. The Morgan fingerprint density at radius 2 is 1.30 bits per heavy atom. The number of benzene rings is 2. The van der Waals surface area contributed by atoms with E-state index in [1.165, 1.54) is 0 Å². The zero-order chi connectivity index (χ0) is 24.2. The van der Waals surface area contributed by atoms with Crippen LogP contribution in [0, 0.1) is 27.7 Å². The number of allylic oxidation sites excluding steroid dienone is 1. The van der Waals surface area contributed by atoms with Gasteiger partial charge in [-0.3, -0.25) is 0 Å². The van der Waals surface area contributed by atoms with Gasteiger partial charge in [-0.1, -0.05) is 17.3 Å². The highest BCUT2D eigenvalue weighted by atomic mass is 16.6. The molecule has 0 aliphatic carbocycles. The highest BCUT2D eigenvalue weighted by molar-refractivity contribution is 5.98. The van der Waals surface area contributed by atoms with Gasteiger partial charge in [0.2, 0.25) is 0 Å². The summed E-state index contributed by atoms with van der Waals surface area (Å²) in [6.45, 7) is 14.2. The fourth-order valence-corrected chi connectivity index (χ4v) is 3.77. The third-order valence-corrected chi connectivity index (χ3v) is 5.40. The van der Waals surface area contributed by atoms with Gasteiger partial charge in [-0.15, -0.1) is 0 Å². The molecule has 180 valence electrons. The second-order valence-electron chi connectivity index (χ2n) is 8.32. The third kappa shape index (κ3) is 8.16. The second kappa shape index (κ2) is 13.6. The first-order chi connectivity index (χ1) is 15.9. The molecule has 2 rings (SSSR count). The van der Waals surface area contributed by atoms with Crippen LogP contribution in [0.15, 0.2) is 41.6 Å². The lowest BCUT2D eigenvalue weighted by atomic mass is 10.0. The number of hydrogen-bond donors (Lipinski definition) is 0. The lowest BCUT2D eigenvalue weighted by Gasteiger charge is -2.15. The standard InChI is InChI=1S/C28H39NO4/c1-8-9-13-31-26-18-22(4)28(23(5)19-26)33-15-12-10-11-14-32-27-20(2)16-25(17-21(27)3)24(6)29-30-7/h8-9,16-19H,10-15H2,1-7H3/b9-8+,29-24+. The smallest absolute Gasteiger partial charge is 0.125 e. The molecule has 2 aromatic carbocycles. The molecule has 0 aliphatic heterocycles. The van der Waals surface area contributed by atoms with E-state index in [9.17, 15) is 0 Å². The highest BCUT2D eigenvalue weighted by Gasteiger charge is 2.10. The zero-order valence-corrected chi connectivity index (χ0v) is 21.3. The Morgan fingerprint density at radius 1 is 0.788 bits per heavy atom. The Morgan fingerprint density at radius 3 is 1.79 bits per heavy atom. The minimum Gasteiger partial charge on any atom is -0.493 e. The van der Waals surface area contributed by atoms with Crippen LogP contribution in [0.25, 0.3) is 0 Å². The van der Waals surface area contributed by atoms with Crippen molar-refractivity contribution >= 4 is 5.71 Å². The number of hydrogen-bond acceptors (Lipinski definition) is 5. The molecule has 0 saturated heterocycles. The van der Waals surface area contributed by atoms with Crippen molar-refractivity contribution in [1.82, 2.24) is 0 Å². The average molecular weight is 454 g/mol. The molecule has 0 aromatic heterocycles.